The SMILES string of the molecule is C#CCOC(=O)C(CC)N=[N+]=[N-]. The van der Waals surface area contributed by atoms with Crippen molar-refractivity contribution in [3.8, 4) is 12.3 Å². The van der Waals surface area contributed by atoms with Gasteiger partial charge < -0.3 is 4.74 Å². The van der Waals surface area contributed by atoms with Gasteiger partial charge in [-0.15, -0.1) is 6.42 Å². The number of nitrogens with zero attached hydrogens (tertiary/aromatic N) is 3. The third-order valence-corrected chi connectivity index (χ3v) is 1.15. The Morgan fingerprint density at radius 2 is 2.58 bits per heavy atom. The van der Waals surface area contributed by atoms with Crippen LogP contribution >= 0.6 is 0 Å². The molecule has 0 heterocycles. The van der Waals surface area contributed by atoms with Gasteiger partial charge in [0.1, 0.15) is 6.04 Å². The Balaban J connectivity index is 4.04. The quantitative estimate of drug-likeness (QED) is 0.208. The lowest BCUT2D eigenvalue weighted by Crippen LogP contribution is -2.20. The van der Waals surface area contributed by atoms with Crippen LogP contribution in [-0.2, 0) is 9.53 Å². The molecule has 0 bridgehead atoms. The van der Waals surface area contributed by atoms with E-state index in [4.69, 9.17) is 12.0 Å². The van der Waals surface area contributed by atoms with Crippen molar-refractivity contribution >= 4 is 5.97 Å². The fourth-order valence-electron chi connectivity index (χ4n) is 0.567. The minimum absolute atomic E-state index is 0.0870. The largest absolute Gasteiger partial charge is 0.452 e. The van der Waals surface area contributed by atoms with Gasteiger partial charge in [0, 0.05) is 4.91 Å². The highest BCUT2D eigenvalue weighted by Crippen LogP contribution is 2.00. The molecule has 0 saturated heterocycles. The molecule has 0 aliphatic heterocycles. The molecule has 0 radical (unpaired) electrons. The fraction of sp³-hybridized carbons (Fsp3) is 0.571. The summed E-state index contributed by atoms with van der Waals surface area (Å²) in [7, 11) is 0. The van der Waals surface area contributed by atoms with Gasteiger partial charge in [-0.2, -0.15) is 0 Å². The number of esters is 1. The summed E-state index contributed by atoms with van der Waals surface area (Å²) >= 11 is 0. The molecule has 0 aliphatic rings. The number of azide groups is 1. The van der Waals surface area contributed by atoms with Gasteiger partial charge in [0.2, 0.25) is 0 Å². The fourth-order valence-corrected chi connectivity index (χ4v) is 0.567. The first-order valence-corrected chi connectivity index (χ1v) is 3.40. The Labute approximate surface area is 70.3 Å². The van der Waals surface area contributed by atoms with E-state index in [0.29, 0.717) is 6.42 Å². The first-order valence-electron chi connectivity index (χ1n) is 3.40. The molecule has 0 fully saturated rings. The molecular formula is C7H9N3O2. The van der Waals surface area contributed by atoms with E-state index >= 15 is 0 Å². The van der Waals surface area contributed by atoms with Crippen LogP contribution in [0.15, 0.2) is 5.11 Å². The summed E-state index contributed by atoms with van der Waals surface area (Å²) in [6.45, 7) is 1.63. The zero-order valence-corrected chi connectivity index (χ0v) is 6.73. The molecule has 1 unspecified atom stereocenters. The Morgan fingerprint density at radius 3 is 3.00 bits per heavy atom. The zero-order chi connectivity index (χ0) is 9.40. The van der Waals surface area contributed by atoms with Gasteiger partial charge in [0.15, 0.2) is 6.61 Å². The lowest BCUT2D eigenvalue weighted by molar-refractivity contribution is -0.143. The van der Waals surface area contributed by atoms with Gasteiger partial charge in [0.05, 0.1) is 0 Å². The van der Waals surface area contributed by atoms with Gasteiger partial charge in [-0.1, -0.05) is 18.0 Å². The predicted molar refractivity (Wildman–Crippen MR) is 43.0 cm³/mol. The van der Waals surface area contributed by atoms with Crippen LogP contribution in [0, 0.1) is 12.3 Å². The average Bonchev–Trinajstić information content (AvgIpc) is 2.10. The Kier molecular flexibility index (Phi) is 5.24. The normalized spacial score (nSPS) is 10.7. The molecule has 12 heavy (non-hydrogen) atoms. The summed E-state index contributed by atoms with van der Waals surface area (Å²) in [6, 6.07) is -0.761. The van der Waals surface area contributed by atoms with Crippen molar-refractivity contribution in [1.29, 1.82) is 0 Å². The van der Waals surface area contributed by atoms with E-state index in [2.05, 4.69) is 20.7 Å². The molecule has 0 aromatic carbocycles. The predicted octanol–water partition coefficient (Wildman–Crippen LogP) is 1.25. The van der Waals surface area contributed by atoms with E-state index in [-0.39, 0.29) is 6.61 Å². The van der Waals surface area contributed by atoms with Crippen LogP contribution in [0.25, 0.3) is 10.4 Å². The number of terminal acetylenes is 1. The maximum absolute atomic E-state index is 10.9. The summed E-state index contributed by atoms with van der Waals surface area (Å²) in [5, 5.41) is 3.23. The molecule has 0 amide bonds. The number of hydrogen-bond acceptors (Lipinski definition) is 3. The second-order valence-electron chi connectivity index (χ2n) is 1.94. The van der Waals surface area contributed by atoms with Crippen LogP contribution < -0.4 is 0 Å². The van der Waals surface area contributed by atoms with E-state index in [1.165, 1.54) is 0 Å². The van der Waals surface area contributed by atoms with Crippen molar-refractivity contribution in [1.82, 2.24) is 0 Å². The number of carbonyl (C=O) groups is 1. The molecule has 64 valence electrons. The number of carbonyl (C=O) groups excluding carboxylic acids is 1. The third kappa shape index (κ3) is 3.49. The molecule has 1 atom stereocenters. The molecule has 5 heteroatoms. The van der Waals surface area contributed by atoms with Crippen molar-refractivity contribution in [2.75, 3.05) is 6.61 Å². The van der Waals surface area contributed by atoms with E-state index in [1.54, 1.807) is 6.92 Å². The summed E-state index contributed by atoms with van der Waals surface area (Å²) < 4.78 is 4.56. The minimum atomic E-state index is -0.761. The summed E-state index contributed by atoms with van der Waals surface area (Å²) in [5.41, 5.74) is 8.05. The van der Waals surface area contributed by atoms with E-state index in [1.807, 2.05) is 0 Å². The molecule has 0 rings (SSSR count). The minimum Gasteiger partial charge on any atom is -0.452 e. The van der Waals surface area contributed by atoms with E-state index < -0.39 is 12.0 Å². The highest BCUT2D eigenvalue weighted by molar-refractivity contribution is 5.75. The Hall–Kier alpha value is -1.66. The van der Waals surface area contributed by atoms with Gasteiger partial charge in [0.25, 0.3) is 0 Å². The van der Waals surface area contributed by atoms with Crippen LogP contribution in [0.3, 0.4) is 0 Å². The molecule has 0 saturated carbocycles. The van der Waals surface area contributed by atoms with Crippen molar-refractivity contribution in [2.24, 2.45) is 5.11 Å². The molecule has 0 N–H and O–H groups in total. The van der Waals surface area contributed by atoms with E-state index in [9.17, 15) is 4.79 Å². The molecule has 0 aromatic heterocycles. The van der Waals surface area contributed by atoms with Gasteiger partial charge in [-0.05, 0) is 12.0 Å². The number of rotatable bonds is 4. The van der Waals surface area contributed by atoms with Gasteiger partial charge in [-0.3, -0.25) is 4.79 Å². The number of ether oxygens (including phenoxy) is 1. The Morgan fingerprint density at radius 1 is 1.92 bits per heavy atom. The highest BCUT2D eigenvalue weighted by Gasteiger charge is 2.14. The second kappa shape index (κ2) is 6.08. The molecule has 0 spiro atoms. The lowest BCUT2D eigenvalue weighted by atomic mass is 10.2. The first kappa shape index (κ1) is 10.3. The second-order valence-corrected chi connectivity index (χ2v) is 1.94. The van der Waals surface area contributed by atoms with Crippen LogP contribution in [0.5, 0.6) is 0 Å². The maximum Gasteiger partial charge on any atom is 0.315 e. The average molecular weight is 167 g/mol. The monoisotopic (exact) mass is 167 g/mol. The van der Waals surface area contributed by atoms with E-state index in [0.717, 1.165) is 0 Å². The number of hydrogen-bond donors (Lipinski definition) is 0. The smallest absolute Gasteiger partial charge is 0.315 e. The van der Waals surface area contributed by atoms with Crippen LogP contribution in [0.2, 0.25) is 0 Å². The molecule has 5 nitrogen and oxygen atoms in total. The lowest BCUT2D eigenvalue weighted by Gasteiger charge is -2.05. The maximum atomic E-state index is 10.9. The topological polar surface area (TPSA) is 75.1 Å². The summed E-state index contributed by atoms with van der Waals surface area (Å²) in [5.74, 6) is 1.57. The van der Waals surface area contributed by atoms with Gasteiger partial charge >= 0.3 is 5.97 Å². The summed E-state index contributed by atoms with van der Waals surface area (Å²) in [4.78, 5) is 13.4. The van der Waals surface area contributed by atoms with Crippen LogP contribution in [0.4, 0.5) is 0 Å². The van der Waals surface area contributed by atoms with Crippen molar-refractivity contribution in [2.45, 2.75) is 19.4 Å². The molecular weight excluding hydrogens is 158 g/mol. The van der Waals surface area contributed by atoms with Crippen molar-refractivity contribution in [3.63, 3.8) is 0 Å². The Bertz CT molecular complexity index is 238. The van der Waals surface area contributed by atoms with Crippen molar-refractivity contribution < 1.29 is 9.53 Å². The molecule has 0 aliphatic carbocycles. The van der Waals surface area contributed by atoms with Gasteiger partial charge in [-0.25, -0.2) is 0 Å². The first-order chi connectivity index (χ1) is 5.76. The van der Waals surface area contributed by atoms with Crippen molar-refractivity contribution in [3.05, 3.63) is 10.4 Å². The summed E-state index contributed by atoms with van der Waals surface area (Å²) in [6.07, 6.45) is 5.27. The highest BCUT2D eigenvalue weighted by atomic mass is 16.5. The van der Waals surface area contributed by atoms with Crippen LogP contribution in [-0.4, -0.2) is 18.6 Å². The van der Waals surface area contributed by atoms with Crippen LogP contribution in [0.1, 0.15) is 13.3 Å². The third-order valence-electron chi connectivity index (χ3n) is 1.15. The standard InChI is InChI=1S/C7H9N3O2/c1-3-5-12-7(11)6(4-2)9-10-8/h1,6H,4-5H2,2H3. The zero-order valence-electron chi connectivity index (χ0n) is 6.73. The molecule has 0 aromatic rings.